The molecule has 0 spiro atoms. The van der Waals surface area contributed by atoms with Crippen LogP contribution in [0.5, 0.6) is 5.75 Å². The Bertz CT molecular complexity index is 553. The van der Waals surface area contributed by atoms with Crippen LogP contribution in [-0.2, 0) is 6.42 Å². The van der Waals surface area contributed by atoms with Gasteiger partial charge in [-0.2, -0.15) is 0 Å². The highest BCUT2D eigenvalue weighted by molar-refractivity contribution is 5.35. The molecule has 1 aliphatic carbocycles. The van der Waals surface area contributed by atoms with Gasteiger partial charge in [0.1, 0.15) is 11.9 Å². The molecular formula is C18H20O2. The van der Waals surface area contributed by atoms with Crippen molar-refractivity contribution in [1.82, 2.24) is 0 Å². The quantitative estimate of drug-likeness (QED) is 0.892. The van der Waals surface area contributed by atoms with Crippen LogP contribution in [0.3, 0.4) is 0 Å². The molecule has 0 saturated heterocycles. The second-order valence-corrected chi connectivity index (χ2v) is 5.38. The third-order valence-corrected chi connectivity index (χ3v) is 3.73. The molecule has 104 valence electrons. The van der Waals surface area contributed by atoms with E-state index in [2.05, 4.69) is 19.1 Å². The van der Waals surface area contributed by atoms with Crippen LogP contribution in [0.25, 0.3) is 0 Å². The van der Waals surface area contributed by atoms with Crippen LogP contribution in [0.1, 0.15) is 42.6 Å². The SMILES string of the molecule is CCc1ccc(C(O)c2ccc(OC3CC3)cc2)cc1. The zero-order chi connectivity index (χ0) is 13.9. The van der Waals surface area contributed by atoms with E-state index in [1.54, 1.807) is 0 Å². The summed E-state index contributed by atoms with van der Waals surface area (Å²) >= 11 is 0. The monoisotopic (exact) mass is 268 g/mol. The minimum absolute atomic E-state index is 0.410. The molecule has 0 heterocycles. The van der Waals surface area contributed by atoms with Crippen molar-refractivity contribution in [3.8, 4) is 5.75 Å². The first kappa shape index (κ1) is 13.2. The van der Waals surface area contributed by atoms with Gasteiger partial charge in [0, 0.05) is 0 Å². The first-order chi connectivity index (χ1) is 9.76. The Kier molecular flexibility index (Phi) is 3.75. The van der Waals surface area contributed by atoms with Crippen molar-refractivity contribution in [1.29, 1.82) is 0 Å². The van der Waals surface area contributed by atoms with E-state index in [9.17, 15) is 5.11 Å². The number of aliphatic hydroxyl groups excluding tert-OH is 1. The van der Waals surface area contributed by atoms with Gasteiger partial charge < -0.3 is 9.84 Å². The summed E-state index contributed by atoms with van der Waals surface area (Å²) in [5, 5.41) is 10.4. The summed E-state index contributed by atoms with van der Waals surface area (Å²) in [5.41, 5.74) is 3.12. The molecule has 0 aliphatic heterocycles. The Hall–Kier alpha value is -1.80. The lowest BCUT2D eigenvalue weighted by atomic mass is 10.00. The van der Waals surface area contributed by atoms with Crippen LogP contribution in [0.15, 0.2) is 48.5 Å². The molecule has 1 unspecified atom stereocenters. The standard InChI is InChI=1S/C18H20O2/c1-2-13-3-5-14(6-4-13)18(19)15-7-9-16(10-8-15)20-17-11-12-17/h3-10,17-19H,2,11-12H2,1H3. The summed E-state index contributed by atoms with van der Waals surface area (Å²) < 4.78 is 5.71. The van der Waals surface area contributed by atoms with Gasteiger partial charge in [-0.25, -0.2) is 0 Å². The number of hydrogen-bond donors (Lipinski definition) is 1. The van der Waals surface area contributed by atoms with Gasteiger partial charge in [-0.05, 0) is 48.1 Å². The second kappa shape index (κ2) is 5.68. The van der Waals surface area contributed by atoms with Gasteiger partial charge in [0.25, 0.3) is 0 Å². The number of aliphatic hydroxyl groups is 1. The highest BCUT2D eigenvalue weighted by Crippen LogP contribution is 2.29. The molecule has 1 saturated carbocycles. The van der Waals surface area contributed by atoms with Crippen molar-refractivity contribution in [2.75, 3.05) is 0 Å². The van der Waals surface area contributed by atoms with Gasteiger partial charge in [-0.15, -0.1) is 0 Å². The Balaban J connectivity index is 1.72. The van der Waals surface area contributed by atoms with Crippen LogP contribution in [-0.4, -0.2) is 11.2 Å². The average molecular weight is 268 g/mol. The van der Waals surface area contributed by atoms with E-state index < -0.39 is 6.10 Å². The fourth-order valence-corrected chi connectivity index (χ4v) is 2.24. The lowest BCUT2D eigenvalue weighted by Crippen LogP contribution is -2.01. The number of aryl methyl sites for hydroxylation is 1. The maximum Gasteiger partial charge on any atom is 0.119 e. The maximum absolute atomic E-state index is 10.4. The zero-order valence-corrected chi connectivity index (χ0v) is 11.8. The van der Waals surface area contributed by atoms with Crippen molar-refractivity contribution in [3.05, 3.63) is 65.2 Å². The average Bonchev–Trinajstić information content (AvgIpc) is 3.31. The van der Waals surface area contributed by atoms with Crippen LogP contribution >= 0.6 is 0 Å². The molecule has 20 heavy (non-hydrogen) atoms. The largest absolute Gasteiger partial charge is 0.490 e. The molecule has 0 bridgehead atoms. The Morgan fingerprint density at radius 1 is 1.00 bits per heavy atom. The lowest BCUT2D eigenvalue weighted by Gasteiger charge is -2.13. The van der Waals surface area contributed by atoms with E-state index in [0.29, 0.717) is 6.10 Å². The van der Waals surface area contributed by atoms with Crippen molar-refractivity contribution in [2.24, 2.45) is 0 Å². The third-order valence-electron chi connectivity index (χ3n) is 3.73. The molecule has 1 aliphatic rings. The van der Waals surface area contributed by atoms with E-state index in [0.717, 1.165) is 36.1 Å². The molecule has 1 fully saturated rings. The normalized spacial score (nSPS) is 15.9. The van der Waals surface area contributed by atoms with Crippen LogP contribution < -0.4 is 4.74 Å². The van der Waals surface area contributed by atoms with E-state index >= 15 is 0 Å². The Labute approximate surface area is 120 Å². The predicted molar refractivity (Wildman–Crippen MR) is 80.0 cm³/mol. The zero-order valence-electron chi connectivity index (χ0n) is 11.8. The third kappa shape index (κ3) is 3.02. The number of rotatable bonds is 5. The number of benzene rings is 2. The van der Waals surface area contributed by atoms with Gasteiger partial charge in [0.05, 0.1) is 6.10 Å². The highest BCUT2D eigenvalue weighted by Gasteiger charge is 2.23. The van der Waals surface area contributed by atoms with Gasteiger partial charge in [-0.1, -0.05) is 43.3 Å². The number of hydrogen-bond acceptors (Lipinski definition) is 2. The number of ether oxygens (including phenoxy) is 1. The fraction of sp³-hybridized carbons (Fsp3) is 0.333. The van der Waals surface area contributed by atoms with Gasteiger partial charge in [0.2, 0.25) is 0 Å². The minimum Gasteiger partial charge on any atom is -0.490 e. The molecule has 0 amide bonds. The minimum atomic E-state index is -0.573. The smallest absolute Gasteiger partial charge is 0.119 e. The second-order valence-electron chi connectivity index (χ2n) is 5.38. The molecular weight excluding hydrogens is 248 g/mol. The fourth-order valence-electron chi connectivity index (χ4n) is 2.24. The Morgan fingerprint density at radius 3 is 2.05 bits per heavy atom. The van der Waals surface area contributed by atoms with E-state index in [4.69, 9.17) is 4.74 Å². The van der Waals surface area contributed by atoms with Crippen LogP contribution in [0, 0.1) is 0 Å². The van der Waals surface area contributed by atoms with E-state index in [1.807, 2.05) is 36.4 Å². The first-order valence-electron chi connectivity index (χ1n) is 7.30. The van der Waals surface area contributed by atoms with Crippen molar-refractivity contribution in [3.63, 3.8) is 0 Å². The molecule has 0 aromatic heterocycles. The Morgan fingerprint density at radius 2 is 1.55 bits per heavy atom. The summed E-state index contributed by atoms with van der Waals surface area (Å²) in [5.74, 6) is 0.893. The van der Waals surface area contributed by atoms with Crippen LogP contribution in [0.2, 0.25) is 0 Å². The maximum atomic E-state index is 10.4. The molecule has 1 atom stereocenters. The summed E-state index contributed by atoms with van der Waals surface area (Å²) in [7, 11) is 0. The van der Waals surface area contributed by atoms with Crippen molar-refractivity contribution in [2.45, 2.75) is 38.4 Å². The van der Waals surface area contributed by atoms with Gasteiger partial charge in [-0.3, -0.25) is 0 Å². The molecule has 2 nitrogen and oxygen atoms in total. The van der Waals surface area contributed by atoms with Crippen molar-refractivity contribution < 1.29 is 9.84 Å². The van der Waals surface area contributed by atoms with Gasteiger partial charge in [0.15, 0.2) is 0 Å². The summed E-state index contributed by atoms with van der Waals surface area (Å²) in [6.07, 6.45) is 3.18. The van der Waals surface area contributed by atoms with E-state index in [-0.39, 0.29) is 0 Å². The lowest BCUT2D eigenvalue weighted by molar-refractivity contribution is 0.220. The summed E-state index contributed by atoms with van der Waals surface area (Å²) in [4.78, 5) is 0. The predicted octanol–water partition coefficient (Wildman–Crippen LogP) is 3.87. The highest BCUT2D eigenvalue weighted by atomic mass is 16.5. The molecule has 2 aromatic rings. The molecule has 1 N–H and O–H groups in total. The van der Waals surface area contributed by atoms with Gasteiger partial charge >= 0.3 is 0 Å². The summed E-state index contributed by atoms with van der Waals surface area (Å²) in [6, 6.07) is 15.9. The van der Waals surface area contributed by atoms with Crippen molar-refractivity contribution >= 4 is 0 Å². The topological polar surface area (TPSA) is 29.5 Å². The summed E-state index contributed by atoms with van der Waals surface area (Å²) in [6.45, 7) is 2.13. The molecule has 0 radical (unpaired) electrons. The molecule has 2 heteroatoms. The van der Waals surface area contributed by atoms with E-state index in [1.165, 1.54) is 5.56 Å². The first-order valence-corrected chi connectivity index (χ1v) is 7.30. The van der Waals surface area contributed by atoms with Crippen LogP contribution in [0.4, 0.5) is 0 Å². The molecule has 2 aromatic carbocycles. The molecule has 3 rings (SSSR count).